The lowest BCUT2D eigenvalue weighted by Crippen LogP contribution is -2.35. The second kappa shape index (κ2) is 5.90. The molecule has 0 aliphatic heterocycles. The van der Waals surface area contributed by atoms with Crippen molar-refractivity contribution in [2.24, 2.45) is 0 Å². The number of hydrogen-bond donors (Lipinski definition) is 1. The summed E-state index contributed by atoms with van der Waals surface area (Å²) in [5.74, 6) is -0.281. The molecule has 0 amide bonds. The van der Waals surface area contributed by atoms with Crippen LogP contribution in [0.5, 0.6) is 0 Å². The van der Waals surface area contributed by atoms with Crippen LogP contribution in [0.4, 0.5) is 4.39 Å². The van der Waals surface area contributed by atoms with Gasteiger partial charge in [-0.2, -0.15) is 0 Å². The van der Waals surface area contributed by atoms with Crippen LogP contribution in [0.3, 0.4) is 0 Å². The Bertz CT molecular complexity index is 583. The molecule has 4 heteroatoms. The predicted octanol–water partition coefficient (Wildman–Crippen LogP) is 3.76. The van der Waals surface area contributed by atoms with E-state index in [2.05, 4.69) is 4.98 Å². The van der Waals surface area contributed by atoms with Crippen molar-refractivity contribution in [3.8, 4) is 0 Å². The van der Waals surface area contributed by atoms with E-state index in [4.69, 9.17) is 11.6 Å². The molecule has 1 atom stereocenters. The summed E-state index contributed by atoms with van der Waals surface area (Å²) in [6.07, 6.45) is 3.01. The first-order valence-electron chi connectivity index (χ1n) is 6.44. The first-order chi connectivity index (χ1) is 9.41. The van der Waals surface area contributed by atoms with Gasteiger partial charge in [-0.15, -0.1) is 0 Å². The van der Waals surface area contributed by atoms with Gasteiger partial charge in [0.25, 0.3) is 0 Å². The fourth-order valence-corrected chi connectivity index (χ4v) is 2.30. The summed E-state index contributed by atoms with van der Waals surface area (Å²) in [6.45, 7) is 3.86. The number of hydrogen-bond acceptors (Lipinski definition) is 2. The SMILES string of the molecule is CC(C)(c1ccc(F)cc1)C(O)Cc1ccncc1Cl. The van der Waals surface area contributed by atoms with Crippen molar-refractivity contribution in [1.82, 2.24) is 4.98 Å². The average Bonchev–Trinajstić information content (AvgIpc) is 2.41. The number of aliphatic hydroxyl groups excluding tert-OH is 1. The van der Waals surface area contributed by atoms with Gasteiger partial charge in [-0.1, -0.05) is 37.6 Å². The summed E-state index contributed by atoms with van der Waals surface area (Å²) in [7, 11) is 0. The second-order valence-electron chi connectivity index (χ2n) is 5.42. The fraction of sp³-hybridized carbons (Fsp3) is 0.312. The Morgan fingerprint density at radius 2 is 1.90 bits per heavy atom. The highest BCUT2D eigenvalue weighted by Gasteiger charge is 2.30. The zero-order valence-electron chi connectivity index (χ0n) is 11.5. The molecule has 0 spiro atoms. The molecule has 0 aliphatic rings. The monoisotopic (exact) mass is 293 g/mol. The molecule has 0 aliphatic carbocycles. The Balaban J connectivity index is 2.21. The van der Waals surface area contributed by atoms with E-state index in [0.717, 1.165) is 11.1 Å². The van der Waals surface area contributed by atoms with Gasteiger partial charge < -0.3 is 5.11 Å². The van der Waals surface area contributed by atoms with E-state index in [-0.39, 0.29) is 5.82 Å². The largest absolute Gasteiger partial charge is 0.392 e. The zero-order chi connectivity index (χ0) is 14.8. The first kappa shape index (κ1) is 14.9. The molecule has 1 N–H and O–H groups in total. The molecule has 1 heterocycles. The summed E-state index contributed by atoms with van der Waals surface area (Å²) in [5.41, 5.74) is 1.24. The van der Waals surface area contributed by atoms with Crippen LogP contribution in [-0.4, -0.2) is 16.2 Å². The molecular weight excluding hydrogens is 277 g/mol. The van der Waals surface area contributed by atoms with Gasteiger partial charge in [-0.25, -0.2) is 4.39 Å². The van der Waals surface area contributed by atoms with Gasteiger partial charge >= 0.3 is 0 Å². The summed E-state index contributed by atoms with van der Waals surface area (Å²) < 4.78 is 13.0. The van der Waals surface area contributed by atoms with Gasteiger partial charge in [0.2, 0.25) is 0 Å². The maximum Gasteiger partial charge on any atom is 0.123 e. The number of pyridine rings is 1. The van der Waals surface area contributed by atoms with Crippen LogP contribution < -0.4 is 0 Å². The topological polar surface area (TPSA) is 33.1 Å². The van der Waals surface area contributed by atoms with Crippen LogP contribution in [0, 0.1) is 5.82 Å². The number of rotatable bonds is 4. The minimum atomic E-state index is -0.632. The Morgan fingerprint density at radius 3 is 2.50 bits per heavy atom. The lowest BCUT2D eigenvalue weighted by molar-refractivity contribution is 0.0999. The molecule has 2 rings (SSSR count). The minimum absolute atomic E-state index is 0.281. The van der Waals surface area contributed by atoms with E-state index in [1.54, 1.807) is 30.6 Å². The van der Waals surface area contributed by atoms with Crippen molar-refractivity contribution < 1.29 is 9.50 Å². The molecule has 2 nitrogen and oxygen atoms in total. The Kier molecular flexibility index (Phi) is 4.41. The number of aliphatic hydroxyl groups is 1. The highest BCUT2D eigenvalue weighted by molar-refractivity contribution is 6.31. The lowest BCUT2D eigenvalue weighted by atomic mass is 9.77. The minimum Gasteiger partial charge on any atom is -0.392 e. The molecule has 106 valence electrons. The third-order valence-corrected chi connectivity index (χ3v) is 4.03. The van der Waals surface area contributed by atoms with Gasteiger partial charge in [0.15, 0.2) is 0 Å². The summed E-state index contributed by atoms with van der Waals surface area (Å²) in [4.78, 5) is 3.93. The van der Waals surface area contributed by atoms with Gasteiger partial charge in [0.05, 0.1) is 11.1 Å². The summed E-state index contributed by atoms with van der Waals surface area (Å²) in [5, 5.41) is 11.0. The van der Waals surface area contributed by atoms with Gasteiger partial charge in [0.1, 0.15) is 5.82 Å². The zero-order valence-corrected chi connectivity index (χ0v) is 12.2. The Morgan fingerprint density at radius 1 is 1.25 bits per heavy atom. The van der Waals surface area contributed by atoms with E-state index in [1.165, 1.54) is 12.1 Å². The van der Waals surface area contributed by atoms with Gasteiger partial charge in [0, 0.05) is 24.2 Å². The van der Waals surface area contributed by atoms with Crippen molar-refractivity contribution in [2.75, 3.05) is 0 Å². The molecular formula is C16H17ClFNO. The quantitative estimate of drug-likeness (QED) is 0.931. The second-order valence-corrected chi connectivity index (χ2v) is 5.82. The summed E-state index contributed by atoms with van der Waals surface area (Å²) >= 11 is 6.06. The maximum absolute atomic E-state index is 13.0. The number of halogens is 2. The van der Waals surface area contributed by atoms with E-state index in [0.29, 0.717) is 11.4 Å². The van der Waals surface area contributed by atoms with E-state index < -0.39 is 11.5 Å². The van der Waals surface area contributed by atoms with E-state index in [1.807, 2.05) is 13.8 Å². The molecule has 20 heavy (non-hydrogen) atoms. The van der Waals surface area contributed by atoms with Crippen LogP contribution >= 0.6 is 11.6 Å². The average molecular weight is 294 g/mol. The normalized spacial score (nSPS) is 13.2. The van der Waals surface area contributed by atoms with Crippen molar-refractivity contribution in [2.45, 2.75) is 31.8 Å². The van der Waals surface area contributed by atoms with Crippen molar-refractivity contribution in [1.29, 1.82) is 0 Å². The summed E-state index contributed by atoms with van der Waals surface area (Å²) in [6, 6.07) is 8.01. The molecule has 1 unspecified atom stereocenters. The van der Waals surface area contributed by atoms with Crippen LogP contribution in [0.2, 0.25) is 5.02 Å². The number of benzene rings is 1. The van der Waals surface area contributed by atoms with Crippen molar-refractivity contribution >= 4 is 11.6 Å². The molecule has 0 fully saturated rings. The molecule has 2 aromatic rings. The van der Waals surface area contributed by atoms with Gasteiger partial charge in [-0.3, -0.25) is 4.98 Å². The standard InChI is InChI=1S/C16H17ClFNO/c1-16(2,12-3-5-13(18)6-4-12)15(20)9-11-7-8-19-10-14(11)17/h3-8,10,15,20H,9H2,1-2H3. The highest BCUT2D eigenvalue weighted by Crippen LogP contribution is 2.30. The van der Waals surface area contributed by atoms with Crippen LogP contribution in [-0.2, 0) is 11.8 Å². The Labute approximate surface area is 123 Å². The smallest absolute Gasteiger partial charge is 0.123 e. The van der Waals surface area contributed by atoms with Crippen molar-refractivity contribution in [3.05, 3.63) is 64.7 Å². The number of nitrogens with zero attached hydrogens (tertiary/aromatic N) is 1. The maximum atomic E-state index is 13.0. The molecule has 1 aromatic carbocycles. The molecule has 0 saturated carbocycles. The van der Waals surface area contributed by atoms with Gasteiger partial charge in [-0.05, 0) is 29.3 Å². The van der Waals surface area contributed by atoms with E-state index in [9.17, 15) is 9.50 Å². The Hall–Kier alpha value is -1.45. The third kappa shape index (κ3) is 3.17. The first-order valence-corrected chi connectivity index (χ1v) is 6.81. The lowest BCUT2D eigenvalue weighted by Gasteiger charge is -2.31. The van der Waals surface area contributed by atoms with E-state index >= 15 is 0 Å². The predicted molar refractivity (Wildman–Crippen MR) is 78.4 cm³/mol. The molecule has 0 bridgehead atoms. The number of aromatic nitrogens is 1. The third-order valence-electron chi connectivity index (χ3n) is 3.69. The van der Waals surface area contributed by atoms with Crippen LogP contribution in [0.1, 0.15) is 25.0 Å². The van der Waals surface area contributed by atoms with Crippen LogP contribution in [0.15, 0.2) is 42.7 Å². The van der Waals surface area contributed by atoms with Crippen molar-refractivity contribution in [3.63, 3.8) is 0 Å². The highest BCUT2D eigenvalue weighted by atomic mass is 35.5. The van der Waals surface area contributed by atoms with Crippen LogP contribution in [0.25, 0.3) is 0 Å². The molecule has 0 saturated heterocycles. The molecule has 0 radical (unpaired) electrons. The molecule has 1 aromatic heterocycles. The fourth-order valence-electron chi connectivity index (χ4n) is 2.10.